The molecule has 6 nitrogen and oxygen atoms in total. The van der Waals surface area contributed by atoms with E-state index in [1.54, 1.807) is 15.6 Å². The van der Waals surface area contributed by atoms with Crippen molar-refractivity contribution in [2.45, 2.75) is 13.5 Å². The lowest BCUT2D eigenvalue weighted by Gasteiger charge is -1.99. The molecule has 0 aliphatic rings. The van der Waals surface area contributed by atoms with Crippen molar-refractivity contribution in [2.24, 2.45) is 7.05 Å². The predicted molar refractivity (Wildman–Crippen MR) is 56.5 cm³/mol. The summed E-state index contributed by atoms with van der Waals surface area (Å²) in [5.41, 5.74) is 5.53. The maximum absolute atomic E-state index is 5.79. The van der Waals surface area contributed by atoms with Gasteiger partial charge in [0.2, 0.25) is 0 Å². The Morgan fingerprint density at radius 2 is 2.20 bits per heavy atom. The molecule has 0 radical (unpaired) electrons. The average molecular weight is 227 g/mol. The van der Waals surface area contributed by atoms with Crippen LogP contribution < -0.4 is 5.73 Å². The molecule has 0 aromatic carbocycles. The smallest absolute Gasteiger partial charge is 0.164 e. The average Bonchev–Trinajstić information content (AvgIpc) is 2.59. The van der Waals surface area contributed by atoms with E-state index in [1.807, 2.05) is 14.0 Å². The second kappa shape index (κ2) is 3.54. The number of hydrogen-bond acceptors (Lipinski definition) is 4. The van der Waals surface area contributed by atoms with Gasteiger partial charge in [-0.1, -0.05) is 11.6 Å². The lowest BCUT2D eigenvalue weighted by Crippen LogP contribution is -2.07. The maximum atomic E-state index is 5.79. The summed E-state index contributed by atoms with van der Waals surface area (Å²) in [5, 5.41) is 8.63. The van der Waals surface area contributed by atoms with Crippen molar-refractivity contribution >= 4 is 17.4 Å². The molecule has 0 saturated heterocycles. The van der Waals surface area contributed by atoms with Crippen molar-refractivity contribution in [2.75, 3.05) is 5.73 Å². The zero-order valence-electron chi connectivity index (χ0n) is 8.48. The topological polar surface area (TPSA) is 74.6 Å². The van der Waals surface area contributed by atoms with Gasteiger partial charge in [0.15, 0.2) is 5.82 Å². The van der Waals surface area contributed by atoms with Gasteiger partial charge in [0.25, 0.3) is 0 Å². The molecule has 2 aromatic rings. The second-order valence-corrected chi connectivity index (χ2v) is 3.67. The van der Waals surface area contributed by atoms with Crippen molar-refractivity contribution in [1.29, 1.82) is 0 Å². The van der Waals surface area contributed by atoms with E-state index in [2.05, 4.69) is 15.2 Å². The number of nitrogens with zero attached hydrogens (tertiary/aromatic N) is 5. The van der Waals surface area contributed by atoms with Crippen LogP contribution in [0.2, 0.25) is 5.02 Å². The van der Waals surface area contributed by atoms with E-state index in [-0.39, 0.29) is 0 Å². The molecule has 2 rings (SSSR count). The van der Waals surface area contributed by atoms with E-state index in [4.69, 9.17) is 17.3 Å². The zero-order chi connectivity index (χ0) is 11.0. The number of aryl methyl sites for hydroxylation is 2. The van der Waals surface area contributed by atoms with Crippen LogP contribution in [0, 0.1) is 6.92 Å². The number of halogens is 1. The molecular weight excluding hydrogens is 216 g/mol. The molecule has 7 heteroatoms. The van der Waals surface area contributed by atoms with Gasteiger partial charge in [-0.2, -0.15) is 10.2 Å². The van der Waals surface area contributed by atoms with Crippen LogP contribution in [0.1, 0.15) is 11.6 Å². The monoisotopic (exact) mass is 226 g/mol. The van der Waals surface area contributed by atoms with Crippen LogP contribution in [0.5, 0.6) is 0 Å². The molecule has 0 aliphatic carbocycles. The summed E-state index contributed by atoms with van der Waals surface area (Å²) < 4.78 is 3.35. The molecule has 0 bridgehead atoms. The van der Waals surface area contributed by atoms with Gasteiger partial charge in [0.1, 0.15) is 23.2 Å². The Balaban J connectivity index is 2.25. The molecular formula is C8H11ClN6. The van der Waals surface area contributed by atoms with Crippen LogP contribution in [0.3, 0.4) is 0 Å². The van der Waals surface area contributed by atoms with Crippen LogP contribution in [0.4, 0.5) is 5.82 Å². The fourth-order valence-corrected chi connectivity index (χ4v) is 1.48. The van der Waals surface area contributed by atoms with E-state index < -0.39 is 0 Å². The predicted octanol–water partition coefficient (Wildman–Crippen LogP) is 0.604. The van der Waals surface area contributed by atoms with Gasteiger partial charge in [0, 0.05) is 13.2 Å². The van der Waals surface area contributed by atoms with E-state index in [1.165, 1.54) is 0 Å². The third kappa shape index (κ3) is 1.94. The summed E-state index contributed by atoms with van der Waals surface area (Å²) in [7, 11) is 1.84. The van der Waals surface area contributed by atoms with Gasteiger partial charge in [-0.3, -0.25) is 9.36 Å². The van der Waals surface area contributed by atoms with E-state index in [0.717, 1.165) is 11.6 Å². The van der Waals surface area contributed by atoms with Gasteiger partial charge in [-0.15, -0.1) is 0 Å². The Kier molecular flexibility index (Phi) is 2.36. The number of nitrogens with two attached hydrogens (primary N) is 1. The SMILES string of the molecule is Cc1nc(Cn2cc(Cl)c(N)n2)n(C)n1. The zero-order valence-corrected chi connectivity index (χ0v) is 9.23. The third-order valence-corrected chi connectivity index (χ3v) is 2.30. The van der Waals surface area contributed by atoms with Crippen molar-refractivity contribution in [1.82, 2.24) is 24.5 Å². The third-order valence-electron chi connectivity index (χ3n) is 2.01. The van der Waals surface area contributed by atoms with Gasteiger partial charge in [-0.25, -0.2) is 4.98 Å². The molecule has 0 aliphatic heterocycles. The van der Waals surface area contributed by atoms with Gasteiger partial charge < -0.3 is 5.73 Å². The van der Waals surface area contributed by atoms with Crippen LogP contribution >= 0.6 is 11.6 Å². The first-order valence-electron chi connectivity index (χ1n) is 4.41. The Labute approximate surface area is 91.7 Å². The quantitative estimate of drug-likeness (QED) is 0.814. The van der Waals surface area contributed by atoms with Crippen LogP contribution in [0.25, 0.3) is 0 Å². The van der Waals surface area contributed by atoms with Crippen LogP contribution in [-0.4, -0.2) is 24.5 Å². The maximum Gasteiger partial charge on any atom is 0.164 e. The van der Waals surface area contributed by atoms with Gasteiger partial charge in [-0.05, 0) is 6.92 Å². The molecule has 2 N–H and O–H groups in total. The lowest BCUT2D eigenvalue weighted by molar-refractivity contribution is 0.609. The summed E-state index contributed by atoms with van der Waals surface area (Å²) in [6.45, 7) is 2.35. The molecule has 0 unspecified atom stereocenters. The Morgan fingerprint density at radius 1 is 1.47 bits per heavy atom. The highest BCUT2D eigenvalue weighted by molar-refractivity contribution is 6.32. The van der Waals surface area contributed by atoms with Gasteiger partial charge >= 0.3 is 0 Å². The number of hydrogen-bond donors (Lipinski definition) is 1. The minimum Gasteiger partial charge on any atom is -0.381 e. The lowest BCUT2D eigenvalue weighted by atomic mass is 10.6. The molecule has 0 saturated carbocycles. The number of nitrogen functional groups attached to an aromatic ring is 1. The molecule has 0 fully saturated rings. The molecule has 2 heterocycles. The van der Waals surface area contributed by atoms with Crippen molar-refractivity contribution in [3.05, 3.63) is 22.9 Å². The standard InChI is InChI=1S/C8H11ClN6/c1-5-11-7(14(2)12-5)4-15-3-6(9)8(10)13-15/h3H,4H2,1-2H3,(H2,10,13). The van der Waals surface area contributed by atoms with Crippen molar-refractivity contribution < 1.29 is 0 Å². The molecule has 15 heavy (non-hydrogen) atoms. The van der Waals surface area contributed by atoms with E-state index in [0.29, 0.717) is 17.4 Å². The van der Waals surface area contributed by atoms with E-state index in [9.17, 15) is 0 Å². The molecule has 0 atom stereocenters. The fraction of sp³-hybridized carbons (Fsp3) is 0.375. The minimum atomic E-state index is 0.329. The first-order chi connectivity index (χ1) is 7.06. The highest BCUT2D eigenvalue weighted by Gasteiger charge is 2.07. The van der Waals surface area contributed by atoms with E-state index >= 15 is 0 Å². The normalized spacial score (nSPS) is 10.9. The van der Waals surface area contributed by atoms with Crippen LogP contribution in [-0.2, 0) is 13.6 Å². The van der Waals surface area contributed by atoms with Crippen molar-refractivity contribution in [3.8, 4) is 0 Å². The summed E-state index contributed by atoms with van der Waals surface area (Å²) in [6, 6.07) is 0. The second-order valence-electron chi connectivity index (χ2n) is 3.26. The number of aromatic nitrogens is 5. The Bertz CT molecular complexity index is 466. The summed E-state index contributed by atoms with van der Waals surface area (Å²) >= 11 is 5.79. The molecule has 2 aromatic heterocycles. The Morgan fingerprint density at radius 3 is 2.67 bits per heavy atom. The minimum absolute atomic E-state index is 0.329. The first kappa shape index (κ1) is 9.97. The fourth-order valence-electron chi connectivity index (χ4n) is 1.33. The summed E-state index contributed by atoms with van der Waals surface area (Å²) in [4.78, 5) is 4.25. The molecule has 80 valence electrons. The Hall–Kier alpha value is -1.56. The number of rotatable bonds is 2. The largest absolute Gasteiger partial charge is 0.381 e. The highest BCUT2D eigenvalue weighted by atomic mass is 35.5. The van der Waals surface area contributed by atoms with Gasteiger partial charge in [0.05, 0.1) is 0 Å². The van der Waals surface area contributed by atoms with Crippen LogP contribution in [0.15, 0.2) is 6.20 Å². The highest BCUT2D eigenvalue weighted by Crippen LogP contribution is 2.15. The van der Waals surface area contributed by atoms with Crippen molar-refractivity contribution in [3.63, 3.8) is 0 Å². The molecule has 0 spiro atoms. The summed E-state index contributed by atoms with van der Waals surface area (Å²) in [6.07, 6.45) is 1.67. The number of anilines is 1. The molecule has 0 amide bonds. The first-order valence-corrected chi connectivity index (χ1v) is 4.79. The summed E-state index contributed by atoms with van der Waals surface area (Å²) in [5.74, 6) is 1.88.